The van der Waals surface area contributed by atoms with Crippen LogP contribution in [0.1, 0.15) is 85.5 Å². The fourth-order valence-corrected chi connectivity index (χ4v) is 13.2. The van der Waals surface area contributed by atoms with Crippen LogP contribution in [0.5, 0.6) is 0 Å². The molecule has 8 N–H and O–H groups in total. The molecule has 304 valence electrons. The fourth-order valence-electron chi connectivity index (χ4n) is 13.2. The van der Waals surface area contributed by atoms with Gasteiger partial charge in [-0.15, -0.1) is 0 Å². The maximum absolute atomic E-state index is 12.1. The highest BCUT2D eigenvalue weighted by Crippen LogP contribution is 2.71. The molecule has 0 aromatic carbocycles. The Labute approximate surface area is 312 Å². The van der Waals surface area contributed by atoms with Gasteiger partial charge in [-0.25, -0.2) is 0 Å². The summed E-state index contributed by atoms with van der Waals surface area (Å²) >= 11 is 0. The SMILES string of the molecule is C[C@@H]1CC[C@@]2(OC1)O[C@H]1C[C@H]3[C@@H]4CC[C@@H]5C[C@@H](O[C@@H]6O[C@H](CO)[C@H](O)[C@H](O)[C@H]6O[C@@H]6O[C@H](CO)[C@@H](O)[C@H](O)[C@H]6O)C[C@@H](O)[C@]5(C)[C@H]4CC[C@]3(C)[C@H]1[C@@H]2C. The van der Waals surface area contributed by atoms with Gasteiger partial charge >= 0.3 is 0 Å². The molecule has 14 heteroatoms. The second-order valence-electron chi connectivity index (χ2n) is 18.8. The molecule has 53 heavy (non-hydrogen) atoms. The maximum Gasteiger partial charge on any atom is 0.187 e. The van der Waals surface area contributed by atoms with E-state index >= 15 is 0 Å². The van der Waals surface area contributed by atoms with E-state index in [-0.39, 0.29) is 22.9 Å². The van der Waals surface area contributed by atoms with Gasteiger partial charge in [0.1, 0.15) is 48.8 Å². The average molecular weight is 757 g/mol. The topological polar surface area (TPSA) is 217 Å². The van der Waals surface area contributed by atoms with Crippen LogP contribution in [0.2, 0.25) is 0 Å². The summed E-state index contributed by atoms with van der Waals surface area (Å²) in [7, 11) is 0. The van der Waals surface area contributed by atoms with Crippen molar-refractivity contribution in [2.24, 2.45) is 52.3 Å². The smallest absolute Gasteiger partial charge is 0.187 e. The van der Waals surface area contributed by atoms with Crippen molar-refractivity contribution >= 4 is 0 Å². The predicted molar refractivity (Wildman–Crippen MR) is 184 cm³/mol. The first-order chi connectivity index (χ1) is 25.2. The van der Waals surface area contributed by atoms with Crippen LogP contribution in [0.15, 0.2) is 0 Å². The van der Waals surface area contributed by atoms with Crippen LogP contribution in [0, 0.1) is 52.3 Å². The highest BCUT2D eigenvalue weighted by molar-refractivity contribution is 5.16. The summed E-state index contributed by atoms with van der Waals surface area (Å²) in [6.07, 6.45) is -7.84. The Hall–Kier alpha value is -0.560. The van der Waals surface area contributed by atoms with Gasteiger partial charge in [-0.1, -0.05) is 27.7 Å². The molecule has 4 saturated carbocycles. The quantitative estimate of drug-likeness (QED) is 0.173. The number of aliphatic hydroxyl groups excluding tert-OH is 8. The number of ether oxygens (including phenoxy) is 6. The number of fused-ring (bicyclic) bond motifs is 7. The van der Waals surface area contributed by atoms with Gasteiger partial charge in [-0.3, -0.25) is 0 Å². The molecule has 0 radical (unpaired) electrons. The fraction of sp³-hybridized carbons (Fsp3) is 1.00. The van der Waals surface area contributed by atoms with Crippen molar-refractivity contribution in [3.63, 3.8) is 0 Å². The predicted octanol–water partition coefficient (Wildman–Crippen LogP) is 0.413. The van der Waals surface area contributed by atoms with Crippen molar-refractivity contribution in [2.45, 2.75) is 171 Å². The van der Waals surface area contributed by atoms with Gasteiger partial charge in [-0.05, 0) is 91.3 Å². The van der Waals surface area contributed by atoms with E-state index in [1.54, 1.807) is 0 Å². The third kappa shape index (κ3) is 6.11. The van der Waals surface area contributed by atoms with E-state index in [0.717, 1.165) is 51.6 Å². The molecule has 0 aromatic heterocycles. The molecule has 1 spiro atoms. The van der Waals surface area contributed by atoms with Crippen molar-refractivity contribution in [3.8, 4) is 0 Å². The van der Waals surface area contributed by atoms with Crippen LogP contribution in [0.4, 0.5) is 0 Å². The normalized spacial score (nSPS) is 59.5. The van der Waals surface area contributed by atoms with Gasteiger partial charge in [0.2, 0.25) is 0 Å². The molecule has 4 aliphatic carbocycles. The summed E-state index contributed by atoms with van der Waals surface area (Å²) in [5.74, 6) is 2.46. The summed E-state index contributed by atoms with van der Waals surface area (Å²) in [6.45, 7) is 8.87. The zero-order valence-electron chi connectivity index (χ0n) is 31.6. The first kappa shape index (κ1) is 39.3. The Morgan fingerprint density at radius 1 is 0.698 bits per heavy atom. The lowest BCUT2D eigenvalue weighted by atomic mass is 9.43. The van der Waals surface area contributed by atoms with Crippen LogP contribution in [0.25, 0.3) is 0 Å². The van der Waals surface area contributed by atoms with Gasteiger partial charge < -0.3 is 69.3 Å². The van der Waals surface area contributed by atoms with Crippen LogP contribution in [-0.2, 0) is 28.4 Å². The molecule has 0 amide bonds. The summed E-state index contributed by atoms with van der Waals surface area (Å²) in [6, 6.07) is 0. The highest BCUT2D eigenvalue weighted by atomic mass is 16.8. The molecule has 0 bridgehead atoms. The molecular weight excluding hydrogens is 692 g/mol. The molecule has 8 fully saturated rings. The average Bonchev–Trinajstić information content (AvgIpc) is 3.58. The number of rotatable bonds is 6. The molecule has 14 nitrogen and oxygen atoms in total. The van der Waals surface area contributed by atoms with Gasteiger partial charge in [0.15, 0.2) is 18.4 Å². The molecule has 4 heterocycles. The summed E-state index contributed by atoms with van der Waals surface area (Å²) in [4.78, 5) is 0. The summed E-state index contributed by atoms with van der Waals surface area (Å²) in [5.41, 5.74) is -0.153. The lowest BCUT2D eigenvalue weighted by Crippen LogP contribution is -2.65. The zero-order valence-corrected chi connectivity index (χ0v) is 31.6. The van der Waals surface area contributed by atoms with Crippen molar-refractivity contribution in [2.75, 3.05) is 19.8 Å². The van der Waals surface area contributed by atoms with Crippen molar-refractivity contribution in [3.05, 3.63) is 0 Å². The maximum atomic E-state index is 12.1. The minimum Gasteiger partial charge on any atom is -0.394 e. The van der Waals surface area contributed by atoms with Crippen LogP contribution < -0.4 is 0 Å². The monoisotopic (exact) mass is 756 g/mol. The van der Waals surface area contributed by atoms with Crippen molar-refractivity contribution < 1.29 is 69.3 Å². The lowest BCUT2D eigenvalue weighted by molar-refractivity contribution is -0.374. The zero-order chi connectivity index (χ0) is 37.8. The molecule has 0 aromatic rings. The van der Waals surface area contributed by atoms with Crippen LogP contribution in [0.3, 0.4) is 0 Å². The van der Waals surface area contributed by atoms with E-state index in [1.165, 1.54) is 0 Å². The van der Waals surface area contributed by atoms with Gasteiger partial charge in [0, 0.05) is 18.8 Å². The van der Waals surface area contributed by atoms with Crippen molar-refractivity contribution in [1.29, 1.82) is 0 Å². The molecule has 4 aliphatic heterocycles. The third-order valence-corrected chi connectivity index (χ3v) is 16.3. The Bertz CT molecular complexity index is 1300. The molecule has 4 saturated heterocycles. The van der Waals surface area contributed by atoms with Gasteiger partial charge in [-0.2, -0.15) is 0 Å². The first-order valence-electron chi connectivity index (χ1n) is 20.4. The second-order valence-corrected chi connectivity index (χ2v) is 18.8. The Morgan fingerprint density at radius 2 is 1.40 bits per heavy atom. The van der Waals surface area contributed by atoms with E-state index in [1.807, 2.05) is 0 Å². The minimum atomic E-state index is -1.75. The number of hydrogen-bond donors (Lipinski definition) is 8. The minimum absolute atomic E-state index is 0.163. The van der Waals surface area contributed by atoms with Gasteiger partial charge in [0.05, 0.1) is 38.1 Å². The van der Waals surface area contributed by atoms with E-state index in [2.05, 4.69) is 27.7 Å². The van der Waals surface area contributed by atoms with E-state index < -0.39 is 92.6 Å². The molecule has 23 atom stereocenters. The lowest BCUT2D eigenvalue weighted by Gasteiger charge is -2.62. The standard InChI is InChI=1S/C39H64O14/c1-17-7-10-39(48-16-17)18(2)28-24(53-39)13-23-21-6-5-19-11-20(12-27(42)38(19,4)22(21)8-9-37(23,28)3)49-36-34(32(46)30(44)26(15-41)51-36)52-35-33(47)31(45)29(43)25(14-40)50-35/h17-36,40-47H,5-16H2,1-4H3/t17-,18+,19-,20-,21-,22+,23+,24+,25-,26-,27-,28+,29-,30+,31+,32+,33-,34-,35+,36-,37+,38+,39-/m1/s1. The highest BCUT2D eigenvalue weighted by Gasteiger charge is 2.70. The second kappa shape index (κ2) is 14.4. The van der Waals surface area contributed by atoms with E-state index in [4.69, 9.17) is 28.4 Å². The van der Waals surface area contributed by atoms with Gasteiger partial charge in [0.25, 0.3) is 0 Å². The molecule has 8 rings (SSSR count). The Balaban J connectivity index is 0.962. The van der Waals surface area contributed by atoms with Crippen LogP contribution in [-0.4, -0.2) is 146 Å². The largest absolute Gasteiger partial charge is 0.394 e. The Morgan fingerprint density at radius 3 is 2.08 bits per heavy atom. The summed E-state index contributed by atoms with van der Waals surface area (Å²) in [5, 5.41) is 84.8. The van der Waals surface area contributed by atoms with E-state index in [0.29, 0.717) is 48.3 Å². The molecular formula is C39H64O14. The Kier molecular flexibility index (Phi) is 10.6. The molecule has 8 aliphatic rings. The third-order valence-electron chi connectivity index (χ3n) is 16.3. The van der Waals surface area contributed by atoms with Crippen molar-refractivity contribution in [1.82, 2.24) is 0 Å². The van der Waals surface area contributed by atoms with E-state index in [9.17, 15) is 40.9 Å². The molecule has 0 unspecified atom stereocenters. The van der Waals surface area contributed by atoms with Crippen LogP contribution >= 0.6 is 0 Å². The number of aliphatic hydroxyl groups is 8. The number of hydrogen-bond acceptors (Lipinski definition) is 14. The summed E-state index contributed by atoms with van der Waals surface area (Å²) < 4.78 is 37.3. The first-order valence-corrected chi connectivity index (χ1v) is 20.4.